The van der Waals surface area contributed by atoms with Gasteiger partial charge in [-0.3, -0.25) is 9.69 Å². The maximum absolute atomic E-state index is 12.2. The van der Waals surface area contributed by atoms with Crippen molar-refractivity contribution >= 4 is 27.6 Å². The molecule has 1 N–H and O–H groups in total. The number of nitrogens with one attached hydrogen (secondary N) is 1. The van der Waals surface area contributed by atoms with Gasteiger partial charge in [-0.05, 0) is 24.3 Å². The number of carbonyl (C=O) groups is 1. The van der Waals surface area contributed by atoms with Crippen molar-refractivity contribution in [1.82, 2.24) is 13.9 Å². The second kappa shape index (κ2) is 7.52. The number of ketones is 1. The quantitative estimate of drug-likeness (QED) is 0.781. The number of piperazine rings is 1. The first-order chi connectivity index (χ1) is 10.4. The van der Waals surface area contributed by atoms with Crippen molar-refractivity contribution in [2.45, 2.75) is 6.92 Å². The summed E-state index contributed by atoms with van der Waals surface area (Å²) in [4.78, 5) is 14.1. The van der Waals surface area contributed by atoms with Crippen molar-refractivity contribution in [3.63, 3.8) is 0 Å². The van der Waals surface area contributed by atoms with E-state index in [4.69, 9.17) is 11.6 Å². The van der Waals surface area contributed by atoms with E-state index in [2.05, 4.69) is 4.72 Å². The first-order valence-electron chi connectivity index (χ1n) is 7.18. The van der Waals surface area contributed by atoms with E-state index < -0.39 is 10.2 Å². The molecule has 22 heavy (non-hydrogen) atoms. The van der Waals surface area contributed by atoms with Gasteiger partial charge in [-0.1, -0.05) is 18.5 Å². The molecule has 0 amide bonds. The number of hydrogen-bond acceptors (Lipinski definition) is 4. The summed E-state index contributed by atoms with van der Waals surface area (Å²) in [7, 11) is -3.39. The molecular formula is C14H20ClN3O3S. The van der Waals surface area contributed by atoms with Crippen LogP contribution in [0.25, 0.3) is 0 Å². The molecule has 0 spiro atoms. The first kappa shape index (κ1) is 17.4. The van der Waals surface area contributed by atoms with E-state index in [1.165, 1.54) is 4.31 Å². The molecule has 0 saturated carbocycles. The smallest absolute Gasteiger partial charge is 0.279 e. The Kier molecular flexibility index (Phi) is 5.94. The number of halogens is 1. The Hall–Kier alpha value is -0.990. The minimum atomic E-state index is -3.39. The molecule has 122 valence electrons. The zero-order chi connectivity index (χ0) is 16.2. The lowest BCUT2D eigenvalue weighted by Crippen LogP contribution is -2.52. The summed E-state index contributed by atoms with van der Waals surface area (Å²) in [5.74, 6) is 0.0136. The van der Waals surface area contributed by atoms with Crippen molar-refractivity contribution < 1.29 is 13.2 Å². The molecule has 1 aliphatic rings. The minimum absolute atomic E-state index is 0.0136. The number of Topliss-reactive ketones (excluding diaryl/α,β-unsaturated/α-hetero) is 1. The molecule has 8 heteroatoms. The largest absolute Gasteiger partial charge is 0.293 e. The molecule has 1 fully saturated rings. The van der Waals surface area contributed by atoms with Crippen LogP contribution in [0.1, 0.15) is 17.3 Å². The standard InChI is InChI=1S/C14H20ClN3O3S/c1-2-16-22(20,21)18-9-7-17(8-10-18)11-14(19)12-3-5-13(15)6-4-12/h3-6,16H,2,7-11H2,1H3. The van der Waals surface area contributed by atoms with Gasteiger partial charge < -0.3 is 0 Å². The zero-order valence-electron chi connectivity index (χ0n) is 12.5. The second-order valence-electron chi connectivity index (χ2n) is 5.11. The predicted octanol–water partition coefficient (Wildman–Crippen LogP) is 0.995. The zero-order valence-corrected chi connectivity index (χ0v) is 14.0. The van der Waals surface area contributed by atoms with Crippen LogP contribution < -0.4 is 4.72 Å². The van der Waals surface area contributed by atoms with Crippen molar-refractivity contribution in [3.8, 4) is 0 Å². The maximum Gasteiger partial charge on any atom is 0.279 e. The molecule has 1 aromatic carbocycles. The molecule has 0 unspecified atom stereocenters. The van der Waals surface area contributed by atoms with E-state index in [0.29, 0.717) is 43.3 Å². The van der Waals surface area contributed by atoms with Gasteiger partial charge in [-0.2, -0.15) is 12.7 Å². The number of carbonyl (C=O) groups excluding carboxylic acids is 1. The van der Waals surface area contributed by atoms with E-state index in [1.807, 2.05) is 4.90 Å². The highest BCUT2D eigenvalue weighted by Gasteiger charge is 2.26. The highest BCUT2D eigenvalue weighted by molar-refractivity contribution is 7.87. The van der Waals surface area contributed by atoms with E-state index in [1.54, 1.807) is 31.2 Å². The molecule has 0 bridgehead atoms. The number of hydrogen-bond donors (Lipinski definition) is 1. The molecule has 0 aliphatic carbocycles. The maximum atomic E-state index is 12.2. The van der Waals surface area contributed by atoms with Crippen molar-refractivity contribution in [2.75, 3.05) is 39.3 Å². The molecule has 1 saturated heterocycles. The first-order valence-corrected chi connectivity index (χ1v) is 9.00. The summed E-state index contributed by atoms with van der Waals surface area (Å²) in [6, 6.07) is 6.79. The van der Waals surface area contributed by atoms with Gasteiger partial charge in [0.2, 0.25) is 0 Å². The van der Waals surface area contributed by atoms with Crippen LogP contribution in [0.3, 0.4) is 0 Å². The van der Waals surface area contributed by atoms with Crippen LogP contribution in [-0.2, 0) is 10.2 Å². The fourth-order valence-electron chi connectivity index (χ4n) is 2.33. The molecule has 0 atom stereocenters. The summed E-state index contributed by atoms with van der Waals surface area (Å²) < 4.78 is 27.7. The summed E-state index contributed by atoms with van der Waals surface area (Å²) in [5.41, 5.74) is 0.618. The molecular weight excluding hydrogens is 326 g/mol. The van der Waals surface area contributed by atoms with Gasteiger partial charge in [0.15, 0.2) is 5.78 Å². The highest BCUT2D eigenvalue weighted by atomic mass is 35.5. The fourth-order valence-corrected chi connectivity index (χ4v) is 3.65. The Labute approximate surface area is 136 Å². The van der Waals surface area contributed by atoms with Crippen molar-refractivity contribution in [2.24, 2.45) is 0 Å². The third kappa shape index (κ3) is 4.50. The number of nitrogens with zero attached hydrogens (tertiary/aromatic N) is 2. The Morgan fingerprint density at radius 1 is 1.18 bits per heavy atom. The van der Waals surface area contributed by atoms with Gasteiger partial charge in [-0.15, -0.1) is 0 Å². The normalized spacial score (nSPS) is 17.5. The molecule has 6 nitrogen and oxygen atoms in total. The molecule has 2 rings (SSSR count). The molecule has 0 aromatic heterocycles. The highest BCUT2D eigenvalue weighted by Crippen LogP contribution is 2.12. The Bertz CT molecular complexity index is 611. The van der Waals surface area contributed by atoms with E-state index in [-0.39, 0.29) is 12.3 Å². The summed E-state index contributed by atoms with van der Waals surface area (Å²) in [6.07, 6.45) is 0. The second-order valence-corrected chi connectivity index (χ2v) is 7.30. The van der Waals surface area contributed by atoms with Crippen LogP contribution in [0.15, 0.2) is 24.3 Å². The van der Waals surface area contributed by atoms with Crippen LogP contribution >= 0.6 is 11.6 Å². The fraction of sp³-hybridized carbons (Fsp3) is 0.500. The summed E-state index contributed by atoms with van der Waals surface area (Å²) in [6.45, 7) is 4.29. The van der Waals surface area contributed by atoms with Crippen LogP contribution in [0.2, 0.25) is 5.02 Å². The summed E-state index contributed by atoms with van der Waals surface area (Å²) in [5, 5.41) is 0.596. The van der Waals surface area contributed by atoms with Crippen LogP contribution in [-0.4, -0.2) is 62.7 Å². The number of benzene rings is 1. The Morgan fingerprint density at radius 3 is 2.32 bits per heavy atom. The van der Waals surface area contributed by atoms with Crippen molar-refractivity contribution in [3.05, 3.63) is 34.9 Å². The topological polar surface area (TPSA) is 69.7 Å². The average Bonchev–Trinajstić information content (AvgIpc) is 2.48. The van der Waals surface area contributed by atoms with Crippen molar-refractivity contribution in [1.29, 1.82) is 0 Å². The van der Waals surface area contributed by atoms with Crippen LogP contribution in [0, 0.1) is 0 Å². The lowest BCUT2D eigenvalue weighted by molar-refractivity contribution is 0.0901. The van der Waals surface area contributed by atoms with E-state index in [0.717, 1.165) is 0 Å². The van der Waals surface area contributed by atoms with E-state index in [9.17, 15) is 13.2 Å². The molecule has 1 heterocycles. The van der Waals surface area contributed by atoms with E-state index >= 15 is 0 Å². The van der Waals surface area contributed by atoms with Crippen LogP contribution in [0.4, 0.5) is 0 Å². The average molecular weight is 346 g/mol. The molecule has 1 aromatic rings. The van der Waals surface area contributed by atoms with Crippen LogP contribution in [0.5, 0.6) is 0 Å². The monoisotopic (exact) mass is 345 g/mol. The lowest BCUT2D eigenvalue weighted by atomic mass is 10.1. The van der Waals surface area contributed by atoms with Gasteiger partial charge in [-0.25, -0.2) is 4.72 Å². The minimum Gasteiger partial charge on any atom is -0.293 e. The van der Waals surface area contributed by atoms with Gasteiger partial charge >= 0.3 is 0 Å². The number of rotatable bonds is 6. The van der Waals surface area contributed by atoms with Gasteiger partial charge in [0.25, 0.3) is 10.2 Å². The predicted molar refractivity (Wildman–Crippen MR) is 86.4 cm³/mol. The summed E-state index contributed by atoms with van der Waals surface area (Å²) >= 11 is 5.80. The third-order valence-corrected chi connectivity index (χ3v) is 5.48. The molecule has 1 aliphatic heterocycles. The van der Waals surface area contributed by atoms with Gasteiger partial charge in [0.05, 0.1) is 6.54 Å². The molecule has 0 radical (unpaired) electrons. The third-order valence-electron chi connectivity index (χ3n) is 3.53. The van der Waals surface area contributed by atoms with Gasteiger partial charge in [0.1, 0.15) is 0 Å². The Balaban J connectivity index is 1.87. The SMILES string of the molecule is CCNS(=O)(=O)N1CCN(CC(=O)c2ccc(Cl)cc2)CC1. The Morgan fingerprint density at radius 2 is 1.77 bits per heavy atom. The van der Waals surface area contributed by atoms with Gasteiger partial charge in [0, 0.05) is 43.3 Å². The lowest BCUT2D eigenvalue weighted by Gasteiger charge is -2.33.